The third-order valence-electron chi connectivity index (χ3n) is 3.95. The first-order valence-electron chi connectivity index (χ1n) is 8.26. The summed E-state index contributed by atoms with van der Waals surface area (Å²) in [6.45, 7) is 0. The predicted molar refractivity (Wildman–Crippen MR) is 109 cm³/mol. The van der Waals surface area contributed by atoms with Crippen LogP contribution in [-0.4, -0.2) is 20.1 Å². The van der Waals surface area contributed by atoms with E-state index in [1.165, 1.54) is 14.2 Å². The van der Waals surface area contributed by atoms with Gasteiger partial charge >= 0.3 is 0 Å². The van der Waals surface area contributed by atoms with Crippen LogP contribution in [0.4, 0.5) is 17.1 Å². The van der Waals surface area contributed by atoms with Crippen molar-refractivity contribution in [3.8, 4) is 11.5 Å². The Bertz CT molecular complexity index is 920. The second kappa shape index (κ2) is 8.47. The highest BCUT2D eigenvalue weighted by molar-refractivity contribution is 6.33. The lowest BCUT2D eigenvalue weighted by molar-refractivity contribution is 0.102. The van der Waals surface area contributed by atoms with E-state index >= 15 is 0 Å². The molecule has 6 heteroatoms. The SMILES string of the molecule is COc1cccc(OC)c1C(=O)Nc1ccc(Nc2ccccc2Cl)cc1. The molecule has 0 saturated carbocycles. The number of para-hydroxylation sites is 1. The number of rotatable bonds is 6. The molecule has 27 heavy (non-hydrogen) atoms. The molecule has 0 bridgehead atoms. The molecule has 0 fully saturated rings. The molecule has 3 rings (SSSR count). The van der Waals surface area contributed by atoms with E-state index in [4.69, 9.17) is 21.1 Å². The Balaban J connectivity index is 1.75. The van der Waals surface area contributed by atoms with Gasteiger partial charge in [-0.3, -0.25) is 4.79 Å². The topological polar surface area (TPSA) is 59.6 Å². The number of carbonyl (C=O) groups excluding carboxylic acids is 1. The second-order valence-corrected chi connectivity index (χ2v) is 6.08. The van der Waals surface area contributed by atoms with Crippen LogP contribution in [-0.2, 0) is 0 Å². The molecule has 0 spiro atoms. The lowest BCUT2D eigenvalue weighted by Crippen LogP contribution is -2.14. The van der Waals surface area contributed by atoms with Crippen LogP contribution < -0.4 is 20.1 Å². The lowest BCUT2D eigenvalue weighted by atomic mass is 10.1. The maximum atomic E-state index is 12.7. The standard InChI is InChI=1S/C21H19ClN2O3/c1-26-18-8-5-9-19(27-2)20(18)21(25)24-15-12-10-14(11-13-15)23-17-7-4-3-6-16(17)22/h3-13,23H,1-2H3,(H,24,25). The number of amides is 1. The quantitative estimate of drug-likeness (QED) is 0.603. The van der Waals surface area contributed by atoms with Crippen molar-refractivity contribution in [2.45, 2.75) is 0 Å². The number of benzene rings is 3. The second-order valence-electron chi connectivity index (χ2n) is 5.67. The average Bonchev–Trinajstić information content (AvgIpc) is 2.70. The highest BCUT2D eigenvalue weighted by Crippen LogP contribution is 2.30. The van der Waals surface area contributed by atoms with Crippen molar-refractivity contribution >= 4 is 34.6 Å². The van der Waals surface area contributed by atoms with Crippen LogP contribution in [0.1, 0.15) is 10.4 Å². The zero-order valence-corrected chi connectivity index (χ0v) is 15.7. The molecular formula is C21H19ClN2O3. The molecular weight excluding hydrogens is 364 g/mol. The number of anilines is 3. The molecule has 0 heterocycles. The number of carbonyl (C=O) groups is 1. The molecule has 138 valence electrons. The fraction of sp³-hybridized carbons (Fsp3) is 0.0952. The largest absolute Gasteiger partial charge is 0.496 e. The van der Waals surface area contributed by atoms with E-state index in [2.05, 4.69) is 10.6 Å². The molecule has 0 aliphatic carbocycles. The van der Waals surface area contributed by atoms with Gasteiger partial charge in [0, 0.05) is 11.4 Å². The van der Waals surface area contributed by atoms with E-state index in [1.807, 2.05) is 36.4 Å². The van der Waals surface area contributed by atoms with Crippen LogP contribution in [0.5, 0.6) is 11.5 Å². The summed E-state index contributed by atoms with van der Waals surface area (Å²) in [7, 11) is 3.03. The highest BCUT2D eigenvalue weighted by Gasteiger charge is 2.18. The Morgan fingerprint density at radius 3 is 2.00 bits per heavy atom. The first-order valence-corrected chi connectivity index (χ1v) is 8.64. The van der Waals surface area contributed by atoms with Gasteiger partial charge in [0.05, 0.1) is 24.9 Å². The predicted octanol–water partition coefficient (Wildman–Crippen LogP) is 5.35. The van der Waals surface area contributed by atoms with Crippen LogP contribution in [0, 0.1) is 0 Å². The zero-order valence-electron chi connectivity index (χ0n) is 15.0. The molecule has 1 amide bonds. The first-order chi connectivity index (χ1) is 13.1. The Kier molecular flexibility index (Phi) is 5.84. The average molecular weight is 383 g/mol. The first kappa shape index (κ1) is 18.6. The van der Waals surface area contributed by atoms with E-state index in [0.717, 1.165) is 11.4 Å². The van der Waals surface area contributed by atoms with Gasteiger partial charge in [0.25, 0.3) is 5.91 Å². The Morgan fingerprint density at radius 2 is 1.41 bits per heavy atom. The third-order valence-corrected chi connectivity index (χ3v) is 4.28. The minimum Gasteiger partial charge on any atom is -0.496 e. The molecule has 0 aromatic heterocycles. The molecule has 3 aromatic carbocycles. The van der Waals surface area contributed by atoms with Crippen molar-refractivity contribution in [2.75, 3.05) is 24.9 Å². The third kappa shape index (κ3) is 4.33. The lowest BCUT2D eigenvalue weighted by Gasteiger charge is -2.13. The van der Waals surface area contributed by atoms with Crippen molar-refractivity contribution in [1.82, 2.24) is 0 Å². The van der Waals surface area contributed by atoms with Crippen molar-refractivity contribution in [2.24, 2.45) is 0 Å². The number of hydrogen-bond acceptors (Lipinski definition) is 4. The Labute approximate surface area is 162 Å². The molecule has 3 aromatic rings. The summed E-state index contributed by atoms with van der Waals surface area (Å²) in [5, 5.41) is 6.73. The molecule has 0 aliphatic heterocycles. The molecule has 5 nitrogen and oxygen atoms in total. The van der Waals surface area contributed by atoms with Crippen LogP contribution in [0.15, 0.2) is 66.7 Å². The summed E-state index contributed by atoms with van der Waals surface area (Å²) in [6, 6.07) is 20.0. The van der Waals surface area contributed by atoms with Gasteiger partial charge in [-0.05, 0) is 48.5 Å². The van der Waals surface area contributed by atoms with Crippen LogP contribution in [0.25, 0.3) is 0 Å². The smallest absolute Gasteiger partial charge is 0.263 e. The summed E-state index contributed by atoms with van der Waals surface area (Å²) in [4.78, 5) is 12.7. The van der Waals surface area contributed by atoms with E-state index in [9.17, 15) is 4.79 Å². The van der Waals surface area contributed by atoms with Gasteiger partial charge in [0.1, 0.15) is 17.1 Å². The number of methoxy groups -OCH3 is 2. The fourth-order valence-corrected chi connectivity index (χ4v) is 2.81. The summed E-state index contributed by atoms with van der Waals surface area (Å²) in [5.74, 6) is 0.587. The van der Waals surface area contributed by atoms with Crippen molar-refractivity contribution < 1.29 is 14.3 Å². The summed E-state index contributed by atoms with van der Waals surface area (Å²) < 4.78 is 10.6. The highest BCUT2D eigenvalue weighted by atomic mass is 35.5. The van der Waals surface area contributed by atoms with Crippen molar-refractivity contribution in [3.05, 3.63) is 77.3 Å². The van der Waals surface area contributed by atoms with Crippen LogP contribution >= 0.6 is 11.6 Å². The zero-order chi connectivity index (χ0) is 19.2. The van der Waals surface area contributed by atoms with Gasteiger partial charge in [-0.2, -0.15) is 0 Å². The Morgan fingerprint density at radius 1 is 0.815 bits per heavy atom. The Hall–Kier alpha value is -3.18. The summed E-state index contributed by atoms with van der Waals surface area (Å²) >= 11 is 6.16. The maximum absolute atomic E-state index is 12.7. The van der Waals surface area contributed by atoms with E-state index in [0.29, 0.717) is 27.8 Å². The molecule has 2 N–H and O–H groups in total. The van der Waals surface area contributed by atoms with Crippen molar-refractivity contribution in [3.63, 3.8) is 0 Å². The van der Waals surface area contributed by atoms with Gasteiger partial charge < -0.3 is 20.1 Å². The van der Waals surface area contributed by atoms with Gasteiger partial charge in [-0.25, -0.2) is 0 Å². The molecule has 0 unspecified atom stereocenters. The normalized spacial score (nSPS) is 10.2. The molecule has 0 aliphatic rings. The number of hydrogen-bond donors (Lipinski definition) is 2. The van der Waals surface area contributed by atoms with Gasteiger partial charge in [-0.1, -0.05) is 29.8 Å². The number of nitrogens with one attached hydrogen (secondary N) is 2. The van der Waals surface area contributed by atoms with Gasteiger partial charge in [-0.15, -0.1) is 0 Å². The van der Waals surface area contributed by atoms with E-state index in [1.54, 1.807) is 30.3 Å². The van der Waals surface area contributed by atoms with E-state index < -0.39 is 0 Å². The van der Waals surface area contributed by atoms with Crippen molar-refractivity contribution in [1.29, 1.82) is 0 Å². The molecule has 0 atom stereocenters. The minimum atomic E-state index is -0.309. The van der Waals surface area contributed by atoms with E-state index in [-0.39, 0.29) is 5.91 Å². The van der Waals surface area contributed by atoms with Gasteiger partial charge in [0.2, 0.25) is 0 Å². The molecule has 0 radical (unpaired) electrons. The molecule has 0 saturated heterocycles. The van der Waals surface area contributed by atoms with Crippen LogP contribution in [0.2, 0.25) is 5.02 Å². The number of halogens is 1. The fourth-order valence-electron chi connectivity index (χ4n) is 2.62. The van der Waals surface area contributed by atoms with Crippen LogP contribution in [0.3, 0.4) is 0 Å². The minimum absolute atomic E-state index is 0.309. The monoisotopic (exact) mass is 382 g/mol. The summed E-state index contributed by atoms with van der Waals surface area (Å²) in [6.07, 6.45) is 0. The summed E-state index contributed by atoms with van der Waals surface area (Å²) in [5.41, 5.74) is 2.67. The van der Waals surface area contributed by atoms with Gasteiger partial charge in [0.15, 0.2) is 0 Å². The maximum Gasteiger partial charge on any atom is 0.263 e. The number of ether oxygens (including phenoxy) is 2.